The van der Waals surface area contributed by atoms with Crippen LogP contribution in [0.1, 0.15) is 11.1 Å². The molecule has 6 heteroatoms. The van der Waals surface area contributed by atoms with Crippen LogP contribution in [0.5, 0.6) is 0 Å². The summed E-state index contributed by atoms with van der Waals surface area (Å²) in [7, 11) is 0. The van der Waals surface area contributed by atoms with Gasteiger partial charge in [0, 0.05) is 5.56 Å². The van der Waals surface area contributed by atoms with Crippen molar-refractivity contribution in [3.8, 4) is 0 Å². The molecule has 1 rings (SSSR count). The maximum absolute atomic E-state index is 12.9. The highest BCUT2D eigenvalue weighted by Gasteiger charge is 2.42. The summed E-state index contributed by atoms with van der Waals surface area (Å²) >= 11 is 0. The molecule has 0 saturated heterocycles. The summed E-state index contributed by atoms with van der Waals surface area (Å²) in [4.78, 5) is 10.3. The number of carbonyl (C=O) groups is 1. The van der Waals surface area contributed by atoms with E-state index >= 15 is 0 Å². The van der Waals surface area contributed by atoms with Crippen molar-refractivity contribution >= 4 is 5.97 Å². The second-order valence-electron chi connectivity index (χ2n) is 3.19. The van der Waals surface area contributed by atoms with Gasteiger partial charge >= 0.3 is 18.3 Å². The van der Waals surface area contributed by atoms with E-state index in [0.717, 1.165) is 18.2 Å². The molecule has 0 unspecified atom stereocenters. The van der Waals surface area contributed by atoms with E-state index in [9.17, 15) is 22.4 Å². The fraction of sp³-hybridized carbons (Fsp3) is 0.300. The van der Waals surface area contributed by atoms with Gasteiger partial charge in [0.15, 0.2) is 0 Å². The highest BCUT2D eigenvalue weighted by atomic mass is 19.3. The molecule has 16 heavy (non-hydrogen) atoms. The highest BCUT2D eigenvalue weighted by Crippen LogP contribution is 2.34. The fourth-order valence-electron chi connectivity index (χ4n) is 1.19. The molecule has 0 saturated carbocycles. The Kier molecular flexibility index (Phi) is 3.51. The Morgan fingerprint density at radius 2 is 2.00 bits per heavy atom. The average Bonchev–Trinajstić information content (AvgIpc) is 2.16. The molecule has 0 spiro atoms. The Balaban J connectivity index is 3.02. The molecule has 0 heterocycles. The quantitative estimate of drug-likeness (QED) is 0.816. The third-order valence-corrected chi connectivity index (χ3v) is 1.94. The van der Waals surface area contributed by atoms with Gasteiger partial charge in [-0.05, 0) is 11.6 Å². The molecule has 1 aromatic rings. The first-order valence-electron chi connectivity index (χ1n) is 4.31. The first-order chi connectivity index (χ1) is 7.34. The van der Waals surface area contributed by atoms with Crippen LogP contribution in [0.2, 0.25) is 0 Å². The van der Waals surface area contributed by atoms with E-state index in [2.05, 4.69) is 0 Å². The zero-order valence-electron chi connectivity index (χ0n) is 7.96. The van der Waals surface area contributed by atoms with Crippen molar-refractivity contribution < 1.29 is 27.5 Å². The van der Waals surface area contributed by atoms with Gasteiger partial charge in [0.2, 0.25) is 0 Å². The average molecular weight is 236 g/mol. The van der Waals surface area contributed by atoms with Crippen LogP contribution in [0.15, 0.2) is 24.3 Å². The minimum Gasteiger partial charge on any atom is -0.481 e. The van der Waals surface area contributed by atoms with Crippen LogP contribution < -0.4 is 0 Å². The number of benzene rings is 1. The molecule has 0 aliphatic rings. The standard InChI is InChI=1S/C10H8F4O2/c11-9(12)10(13,14)7-3-1-2-6(4-7)5-8(15)16/h1-4,9H,5H2,(H,15,16). The van der Waals surface area contributed by atoms with E-state index in [1.54, 1.807) is 0 Å². The van der Waals surface area contributed by atoms with Gasteiger partial charge < -0.3 is 5.11 Å². The molecule has 88 valence electrons. The molecule has 1 N–H and O–H groups in total. The van der Waals surface area contributed by atoms with E-state index in [0.29, 0.717) is 0 Å². The first-order valence-corrected chi connectivity index (χ1v) is 4.31. The Hall–Kier alpha value is -1.59. The predicted molar refractivity (Wildman–Crippen MR) is 47.7 cm³/mol. The van der Waals surface area contributed by atoms with Crippen LogP contribution in [0, 0.1) is 0 Å². The second kappa shape index (κ2) is 4.51. The molecular formula is C10H8F4O2. The summed E-state index contributed by atoms with van der Waals surface area (Å²) in [6, 6.07) is 4.04. The lowest BCUT2D eigenvalue weighted by Gasteiger charge is -2.15. The summed E-state index contributed by atoms with van der Waals surface area (Å²) in [5.74, 6) is -5.47. The monoisotopic (exact) mass is 236 g/mol. The van der Waals surface area contributed by atoms with Gasteiger partial charge in [0.25, 0.3) is 0 Å². The maximum Gasteiger partial charge on any atom is 0.332 e. The molecule has 0 amide bonds. The lowest BCUT2D eigenvalue weighted by molar-refractivity contribution is -0.136. The number of hydrogen-bond donors (Lipinski definition) is 1. The molecule has 1 aromatic carbocycles. The van der Waals surface area contributed by atoms with Crippen LogP contribution >= 0.6 is 0 Å². The van der Waals surface area contributed by atoms with Crippen molar-refractivity contribution in [1.29, 1.82) is 0 Å². The molecule has 0 atom stereocenters. The number of hydrogen-bond acceptors (Lipinski definition) is 1. The first kappa shape index (κ1) is 12.5. The molecule has 0 radical (unpaired) electrons. The van der Waals surface area contributed by atoms with Gasteiger partial charge in [-0.2, -0.15) is 8.78 Å². The van der Waals surface area contributed by atoms with E-state index in [1.165, 1.54) is 6.07 Å². The van der Waals surface area contributed by atoms with Crippen LogP contribution in [-0.4, -0.2) is 17.5 Å². The van der Waals surface area contributed by atoms with Crippen molar-refractivity contribution in [2.45, 2.75) is 18.8 Å². The Morgan fingerprint density at radius 1 is 1.38 bits per heavy atom. The van der Waals surface area contributed by atoms with E-state index in [-0.39, 0.29) is 5.56 Å². The fourth-order valence-corrected chi connectivity index (χ4v) is 1.19. The second-order valence-corrected chi connectivity index (χ2v) is 3.19. The third-order valence-electron chi connectivity index (χ3n) is 1.94. The van der Waals surface area contributed by atoms with E-state index in [1.807, 2.05) is 0 Å². The van der Waals surface area contributed by atoms with Gasteiger partial charge in [0.05, 0.1) is 6.42 Å². The number of alkyl halides is 4. The normalized spacial score (nSPS) is 11.8. The predicted octanol–water partition coefficient (Wildman–Crippen LogP) is 2.67. The van der Waals surface area contributed by atoms with Crippen molar-refractivity contribution in [2.75, 3.05) is 0 Å². The zero-order chi connectivity index (χ0) is 12.3. The van der Waals surface area contributed by atoms with Crippen LogP contribution in [0.4, 0.5) is 17.6 Å². The Labute approximate surface area is 88.5 Å². The van der Waals surface area contributed by atoms with Gasteiger partial charge in [-0.15, -0.1) is 0 Å². The smallest absolute Gasteiger partial charge is 0.332 e. The summed E-state index contributed by atoms with van der Waals surface area (Å²) in [6.07, 6.45) is -4.29. The minimum atomic E-state index is -4.26. The van der Waals surface area contributed by atoms with Crippen molar-refractivity contribution in [2.24, 2.45) is 0 Å². The number of carboxylic acids is 1. The lowest BCUT2D eigenvalue weighted by atomic mass is 10.0. The van der Waals surface area contributed by atoms with Gasteiger partial charge in [-0.3, -0.25) is 4.79 Å². The zero-order valence-corrected chi connectivity index (χ0v) is 7.96. The maximum atomic E-state index is 12.9. The van der Waals surface area contributed by atoms with Crippen molar-refractivity contribution in [3.05, 3.63) is 35.4 Å². The van der Waals surface area contributed by atoms with Gasteiger partial charge in [-0.25, -0.2) is 8.78 Å². The number of carboxylic acid groups (broad SMARTS) is 1. The number of rotatable bonds is 4. The van der Waals surface area contributed by atoms with Crippen LogP contribution in [0.25, 0.3) is 0 Å². The number of aliphatic carboxylic acids is 1. The van der Waals surface area contributed by atoms with Crippen LogP contribution in [-0.2, 0) is 17.1 Å². The van der Waals surface area contributed by atoms with Crippen molar-refractivity contribution in [3.63, 3.8) is 0 Å². The summed E-state index contributed by atoms with van der Waals surface area (Å²) in [5, 5.41) is 8.43. The third kappa shape index (κ3) is 2.71. The van der Waals surface area contributed by atoms with E-state index in [4.69, 9.17) is 5.11 Å². The Bertz CT molecular complexity index is 390. The summed E-state index contributed by atoms with van der Waals surface area (Å²) in [6.45, 7) is 0. The molecule has 0 aromatic heterocycles. The molecule has 0 bridgehead atoms. The molecular weight excluding hydrogens is 228 g/mol. The topological polar surface area (TPSA) is 37.3 Å². The molecule has 0 aliphatic carbocycles. The van der Waals surface area contributed by atoms with Gasteiger partial charge in [-0.1, -0.05) is 18.2 Å². The SMILES string of the molecule is O=C(O)Cc1cccc(C(F)(F)C(F)F)c1. The lowest BCUT2D eigenvalue weighted by Crippen LogP contribution is -2.23. The highest BCUT2D eigenvalue weighted by molar-refractivity contribution is 5.70. The molecule has 0 fully saturated rings. The molecule has 2 nitrogen and oxygen atoms in total. The van der Waals surface area contributed by atoms with Crippen LogP contribution in [0.3, 0.4) is 0 Å². The summed E-state index contributed by atoms with van der Waals surface area (Å²) < 4.78 is 49.8. The molecule has 0 aliphatic heterocycles. The number of halogens is 4. The largest absolute Gasteiger partial charge is 0.481 e. The van der Waals surface area contributed by atoms with E-state index < -0.39 is 30.3 Å². The summed E-state index contributed by atoms with van der Waals surface area (Å²) in [5.41, 5.74) is -0.813. The Morgan fingerprint density at radius 3 is 2.50 bits per heavy atom. The van der Waals surface area contributed by atoms with Crippen molar-refractivity contribution in [1.82, 2.24) is 0 Å². The minimum absolute atomic E-state index is 0.0605. The van der Waals surface area contributed by atoms with Gasteiger partial charge in [0.1, 0.15) is 0 Å².